The largest absolute Gasteiger partial charge is 0.463 e. The highest BCUT2D eigenvalue weighted by molar-refractivity contribution is 6.37. The van der Waals surface area contributed by atoms with Crippen LogP contribution in [0.5, 0.6) is 6.01 Å². The van der Waals surface area contributed by atoms with Crippen molar-refractivity contribution in [2.45, 2.75) is 38.1 Å². The molecule has 248 valence electrons. The van der Waals surface area contributed by atoms with Crippen LogP contribution in [0.25, 0.3) is 32.8 Å². The second-order valence-corrected chi connectivity index (χ2v) is 13.4. The highest BCUT2D eigenvalue weighted by Gasteiger charge is 2.45. The minimum absolute atomic E-state index is 0.00823. The van der Waals surface area contributed by atoms with Gasteiger partial charge in [-0.3, -0.25) is 4.79 Å². The summed E-state index contributed by atoms with van der Waals surface area (Å²) in [5.41, 5.74) is 0.595. The van der Waals surface area contributed by atoms with Crippen molar-refractivity contribution in [1.29, 1.82) is 5.26 Å². The first-order valence-electron chi connectivity index (χ1n) is 16.2. The average Bonchev–Trinajstić information content (AvgIpc) is 3.66. The molecule has 1 atom stereocenters. The van der Waals surface area contributed by atoms with E-state index in [1.54, 1.807) is 36.4 Å². The number of nitrogens with zero attached hydrogens (tertiary/aromatic N) is 6. The monoisotopic (exact) mass is 674 g/mol. The molecule has 3 heterocycles. The summed E-state index contributed by atoms with van der Waals surface area (Å²) >= 11 is 6.41. The molecule has 0 bridgehead atoms. The first-order chi connectivity index (χ1) is 23.2. The number of piperazine rings is 1. The number of benzene rings is 3. The van der Waals surface area contributed by atoms with Crippen LogP contribution in [-0.4, -0.2) is 77.6 Å². The van der Waals surface area contributed by atoms with Gasteiger partial charge in [0.2, 0.25) is 0 Å². The van der Waals surface area contributed by atoms with Crippen molar-refractivity contribution in [2.75, 3.05) is 50.8 Å². The molecule has 0 N–H and O–H groups in total. The minimum Gasteiger partial charge on any atom is -0.463 e. The quantitative estimate of drug-likeness (QED) is 0.176. The number of aromatic nitrogens is 2. The zero-order chi connectivity index (χ0) is 33.6. The summed E-state index contributed by atoms with van der Waals surface area (Å²) in [6.07, 6.45) is 4.38. The fourth-order valence-electron chi connectivity index (χ4n) is 7.08. The molecule has 1 aromatic heterocycles. The number of ether oxygens (including phenoxy) is 1. The van der Waals surface area contributed by atoms with Gasteiger partial charge in [-0.05, 0) is 61.9 Å². The maximum absolute atomic E-state index is 16.8. The molecule has 3 fully saturated rings. The van der Waals surface area contributed by atoms with Gasteiger partial charge in [0, 0.05) is 47.9 Å². The van der Waals surface area contributed by atoms with Crippen LogP contribution in [0.15, 0.2) is 54.9 Å². The molecule has 1 amide bonds. The number of carbonyl (C=O) groups excluding carboxylic acids is 1. The maximum Gasteiger partial charge on any atom is 0.319 e. The van der Waals surface area contributed by atoms with Crippen molar-refractivity contribution in [3.8, 4) is 23.2 Å². The Morgan fingerprint density at radius 1 is 1.06 bits per heavy atom. The molecule has 2 saturated heterocycles. The van der Waals surface area contributed by atoms with E-state index in [9.17, 15) is 18.8 Å². The van der Waals surface area contributed by atoms with Gasteiger partial charge < -0.3 is 19.4 Å². The van der Waals surface area contributed by atoms with E-state index in [2.05, 4.69) is 22.5 Å². The number of halogens is 4. The number of anilines is 1. The van der Waals surface area contributed by atoms with Gasteiger partial charge in [0.05, 0.1) is 30.2 Å². The minimum atomic E-state index is -1.10. The van der Waals surface area contributed by atoms with Crippen LogP contribution in [0.1, 0.15) is 32.1 Å². The van der Waals surface area contributed by atoms with Gasteiger partial charge in [0.15, 0.2) is 11.6 Å². The predicted molar refractivity (Wildman–Crippen MR) is 178 cm³/mol. The number of hydrogen-bond acceptors (Lipinski definition) is 7. The second kappa shape index (κ2) is 12.9. The third-order valence-electron chi connectivity index (χ3n) is 9.82. The highest BCUT2D eigenvalue weighted by atomic mass is 35.5. The van der Waals surface area contributed by atoms with Crippen molar-refractivity contribution in [3.05, 3.63) is 71.5 Å². The smallest absolute Gasteiger partial charge is 0.319 e. The molecule has 1 aliphatic carbocycles. The van der Waals surface area contributed by atoms with E-state index in [1.165, 1.54) is 23.8 Å². The molecule has 8 nitrogen and oxygen atoms in total. The van der Waals surface area contributed by atoms with E-state index in [0.29, 0.717) is 34.1 Å². The molecule has 48 heavy (non-hydrogen) atoms. The van der Waals surface area contributed by atoms with Crippen molar-refractivity contribution in [3.63, 3.8) is 0 Å². The predicted octanol–water partition coefficient (Wildman–Crippen LogP) is 7.05. The Kier molecular flexibility index (Phi) is 8.64. The molecule has 1 saturated carbocycles. The lowest BCUT2D eigenvalue weighted by atomic mass is 9.96. The summed E-state index contributed by atoms with van der Waals surface area (Å²) in [5.74, 6) is -2.84. The molecular formula is C36H34ClF3N6O2. The van der Waals surface area contributed by atoms with Crippen LogP contribution in [-0.2, 0) is 4.79 Å². The van der Waals surface area contributed by atoms with Gasteiger partial charge >= 0.3 is 6.01 Å². The molecule has 0 spiro atoms. The summed E-state index contributed by atoms with van der Waals surface area (Å²) in [5, 5.41) is 10.8. The van der Waals surface area contributed by atoms with Gasteiger partial charge in [0.25, 0.3) is 5.91 Å². The lowest BCUT2D eigenvalue weighted by Gasteiger charge is -2.41. The standard InChI is InChI=1S/C36H34ClF3N6O2/c1-22(38)34(47)46-18-17-45(19-24(46)11-14-41)33-27-9-8-26(25-6-4-5-23-7-10-28(39)30(37)29(23)25)31(40)32(27)42-35(43-33)48-21-36(12-13-36)20-44-15-2-3-16-44/h4-10,24H,1-3,11-13,15-21H2/t24-/m0/s1. The van der Waals surface area contributed by atoms with Gasteiger partial charge in [-0.2, -0.15) is 15.2 Å². The summed E-state index contributed by atoms with van der Waals surface area (Å²) in [4.78, 5) is 27.5. The fourth-order valence-corrected chi connectivity index (χ4v) is 7.36. The van der Waals surface area contributed by atoms with Gasteiger partial charge in [-0.1, -0.05) is 48.5 Å². The number of nitriles is 1. The Morgan fingerprint density at radius 3 is 2.58 bits per heavy atom. The van der Waals surface area contributed by atoms with E-state index in [0.717, 1.165) is 32.5 Å². The molecular weight excluding hydrogens is 641 g/mol. The molecule has 3 aliphatic rings. The van der Waals surface area contributed by atoms with Crippen LogP contribution < -0.4 is 9.64 Å². The van der Waals surface area contributed by atoms with Gasteiger partial charge in [-0.25, -0.2) is 13.2 Å². The molecule has 2 aliphatic heterocycles. The lowest BCUT2D eigenvalue weighted by Crippen LogP contribution is -2.55. The fraction of sp³-hybridized carbons (Fsp3) is 0.389. The SMILES string of the molecule is C=C(F)C(=O)N1CCN(c2nc(OCC3(CN4CCCC4)CC3)nc3c(F)c(-c4cccc5ccc(F)c(Cl)c45)ccc23)C[C@@H]1CC#N. The number of rotatable bonds is 9. The molecule has 4 aromatic rings. The molecule has 12 heteroatoms. The molecule has 7 rings (SSSR count). The van der Waals surface area contributed by atoms with E-state index in [4.69, 9.17) is 21.3 Å². The van der Waals surface area contributed by atoms with Crippen LogP contribution in [0, 0.1) is 28.4 Å². The van der Waals surface area contributed by atoms with Crippen LogP contribution in [0.3, 0.4) is 0 Å². The Bertz CT molecular complexity index is 1970. The van der Waals surface area contributed by atoms with Crippen LogP contribution in [0.2, 0.25) is 5.02 Å². The summed E-state index contributed by atoms with van der Waals surface area (Å²) in [6, 6.07) is 12.8. The first-order valence-corrected chi connectivity index (χ1v) is 16.6. The van der Waals surface area contributed by atoms with Gasteiger partial charge in [0.1, 0.15) is 17.2 Å². The number of amides is 1. The van der Waals surface area contributed by atoms with Crippen molar-refractivity contribution in [2.24, 2.45) is 5.41 Å². The average molecular weight is 675 g/mol. The lowest BCUT2D eigenvalue weighted by molar-refractivity contribution is -0.131. The highest BCUT2D eigenvalue weighted by Crippen LogP contribution is 2.47. The zero-order valence-electron chi connectivity index (χ0n) is 26.3. The van der Waals surface area contributed by atoms with Gasteiger partial charge in [-0.15, -0.1) is 0 Å². The second-order valence-electron chi connectivity index (χ2n) is 13.1. The first kappa shape index (κ1) is 32.2. The van der Waals surface area contributed by atoms with Crippen LogP contribution >= 0.6 is 11.6 Å². The van der Waals surface area contributed by atoms with E-state index in [1.807, 2.05) is 4.90 Å². The Hall–Kier alpha value is -4.40. The summed E-state index contributed by atoms with van der Waals surface area (Å²) in [7, 11) is 0. The Morgan fingerprint density at radius 2 is 1.85 bits per heavy atom. The Balaban J connectivity index is 1.30. The van der Waals surface area contributed by atoms with E-state index >= 15 is 4.39 Å². The molecule has 3 aromatic carbocycles. The number of likely N-dealkylation sites (tertiary alicyclic amines) is 1. The van der Waals surface area contributed by atoms with Crippen LogP contribution in [0.4, 0.5) is 19.0 Å². The van der Waals surface area contributed by atoms with Crippen molar-refractivity contribution >= 4 is 45.0 Å². The van der Waals surface area contributed by atoms with Crippen molar-refractivity contribution < 1.29 is 22.7 Å². The van der Waals surface area contributed by atoms with E-state index in [-0.39, 0.29) is 53.6 Å². The summed E-state index contributed by atoms with van der Waals surface area (Å²) < 4.78 is 51.5. The molecule has 0 unspecified atom stereocenters. The van der Waals surface area contributed by atoms with Crippen molar-refractivity contribution in [1.82, 2.24) is 19.8 Å². The third-order valence-corrected chi connectivity index (χ3v) is 10.2. The number of hydrogen-bond donors (Lipinski definition) is 0. The van der Waals surface area contributed by atoms with E-state index < -0.39 is 29.4 Å². The maximum atomic E-state index is 16.8. The third kappa shape index (κ3) is 6.03. The number of fused-ring (bicyclic) bond motifs is 2. The Labute approximate surface area is 281 Å². The zero-order valence-corrected chi connectivity index (χ0v) is 27.1. The summed E-state index contributed by atoms with van der Waals surface area (Å²) in [6.45, 7) is 7.09. The topological polar surface area (TPSA) is 85.6 Å². The number of carbonyl (C=O) groups is 1. The molecule has 0 radical (unpaired) electrons. The normalized spacial score (nSPS) is 19.1.